The summed E-state index contributed by atoms with van der Waals surface area (Å²) in [4.78, 5) is 4.05. The lowest BCUT2D eigenvalue weighted by molar-refractivity contribution is -0.0277. The molecule has 0 aliphatic carbocycles. The predicted octanol–water partition coefficient (Wildman–Crippen LogP) is 1.86. The predicted molar refractivity (Wildman–Crippen MR) is 47.3 cm³/mol. The van der Waals surface area contributed by atoms with E-state index in [4.69, 9.17) is 0 Å². The Morgan fingerprint density at radius 1 is 1.62 bits per heavy atom. The molecule has 0 aromatic carbocycles. The number of thiazole rings is 1. The minimum absolute atomic E-state index is 0.0759. The molecule has 0 spiro atoms. The summed E-state index contributed by atoms with van der Waals surface area (Å²) in [5, 5.41) is 5.36. The van der Waals surface area contributed by atoms with Crippen molar-refractivity contribution in [3.63, 3.8) is 0 Å². The minimum Gasteiger partial charge on any atom is -0.310 e. The minimum atomic E-state index is -2.57. The first-order valence-corrected chi connectivity index (χ1v) is 5.03. The zero-order valence-electron chi connectivity index (χ0n) is 6.96. The van der Waals surface area contributed by atoms with E-state index in [2.05, 4.69) is 10.3 Å². The van der Waals surface area contributed by atoms with Crippen molar-refractivity contribution in [3.05, 3.63) is 16.6 Å². The number of nitrogens with one attached hydrogen (secondary N) is 1. The topological polar surface area (TPSA) is 24.9 Å². The van der Waals surface area contributed by atoms with E-state index < -0.39 is 5.92 Å². The molecule has 2 nitrogen and oxygen atoms in total. The molecule has 13 heavy (non-hydrogen) atoms. The Morgan fingerprint density at radius 2 is 2.46 bits per heavy atom. The van der Waals surface area contributed by atoms with Crippen molar-refractivity contribution >= 4 is 11.3 Å². The lowest BCUT2D eigenvalue weighted by Gasteiger charge is -2.28. The van der Waals surface area contributed by atoms with Crippen molar-refractivity contribution in [1.29, 1.82) is 0 Å². The second kappa shape index (κ2) is 3.31. The monoisotopic (exact) mass is 204 g/mol. The van der Waals surface area contributed by atoms with Crippen molar-refractivity contribution < 1.29 is 8.78 Å². The van der Waals surface area contributed by atoms with Crippen LogP contribution < -0.4 is 5.32 Å². The number of hydrogen-bond donors (Lipinski definition) is 1. The Kier molecular flexibility index (Phi) is 2.29. The first kappa shape index (κ1) is 9.02. The molecule has 1 atom stereocenters. The van der Waals surface area contributed by atoms with Crippen molar-refractivity contribution in [3.8, 4) is 0 Å². The van der Waals surface area contributed by atoms with Crippen LogP contribution in [0, 0.1) is 0 Å². The summed E-state index contributed by atoms with van der Waals surface area (Å²) in [7, 11) is 0. The molecule has 0 amide bonds. The normalized spacial score (nSPS) is 27.4. The van der Waals surface area contributed by atoms with Gasteiger partial charge in [0.15, 0.2) is 0 Å². The molecule has 1 unspecified atom stereocenters. The largest absolute Gasteiger partial charge is 0.310 e. The van der Waals surface area contributed by atoms with Crippen LogP contribution in [0.2, 0.25) is 0 Å². The molecule has 72 valence electrons. The summed E-state index contributed by atoms with van der Waals surface area (Å²) >= 11 is 1.45. The quantitative estimate of drug-likeness (QED) is 0.755. The van der Waals surface area contributed by atoms with Crippen LogP contribution in [0.25, 0.3) is 0 Å². The van der Waals surface area contributed by atoms with Gasteiger partial charge >= 0.3 is 0 Å². The van der Waals surface area contributed by atoms with Crippen LogP contribution in [0.4, 0.5) is 8.78 Å². The molecule has 1 aromatic rings. The third-order valence-corrected chi connectivity index (χ3v) is 3.06. The molecule has 5 heteroatoms. The summed E-state index contributed by atoms with van der Waals surface area (Å²) in [6.45, 7) is 0.415. The fourth-order valence-electron chi connectivity index (χ4n) is 1.54. The number of piperidine rings is 1. The first-order valence-electron chi connectivity index (χ1n) is 4.15. The summed E-state index contributed by atoms with van der Waals surface area (Å²) in [5.74, 6) is -2.70. The molecule has 0 radical (unpaired) electrons. The average molecular weight is 204 g/mol. The Balaban J connectivity index is 2.09. The van der Waals surface area contributed by atoms with E-state index in [0.29, 0.717) is 6.54 Å². The average Bonchev–Trinajstić information content (AvgIpc) is 2.53. The Morgan fingerprint density at radius 3 is 3.08 bits per heavy atom. The van der Waals surface area contributed by atoms with Gasteiger partial charge in [0.05, 0.1) is 11.6 Å². The van der Waals surface area contributed by atoms with Crippen LogP contribution >= 0.6 is 11.3 Å². The van der Waals surface area contributed by atoms with Gasteiger partial charge in [0.2, 0.25) is 0 Å². The van der Waals surface area contributed by atoms with Crippen LogP contribution in [0.15, 0.2) is 11.6 Å². The zero-order valence-corrected chi connectivity index (χ0v) is 7.78. The Hall–Kier alpha value is -0.550. The molecule has 1 saturated heterocycles. The number of hydrogen-bond acceptors (Lipinski definition) is 3. The maximum atomic E-state index is 13.0. The van der Waals surface area contributed by atoms with Crippen LogP contribution in [-0.2, 0) is 0 Å². The molecular formula is C8H10F2N2S. The van der Waals surface area contributed by atoms with Crippen molar-refractivity contribution in [2.24, 2.45) is 0 Å². The molecular weight excluding hydrogens is 194 g/mol. The van der Waals surface area contributed by atoms with Gasteiger partial charge in [0.1, 0.15) is 0 Å². The maximum absolute atomic E-state index is 13.0. The molecule has 1 aromatic heterocycles. The molecule has 1 fully saturated rings. The fourth-order valence-corrected chi connectivity index (χ4v) is 2.29. The lowest BCUT2D eigenvalue weighted by atomic mass is 9.97. The van der Waals surface area contributed by atoms with Crippen LogP contribution in [-0.4, -0.2) is 24.0 Å². The number of rotatable bonds is 1. The molecule has 1 aliphatic heterocycles. The molecule has 1 N–H and O–H groups in total. The lowest BCUT2D eigenvalue weighted by Crippen LogP contribution is -2.42. The van der Waals surface area contributed by atoms with Gasteiger partial charge in [-0.15, -0.1) is 11.3 Å². The van der Waals surface area contributed by atoms with E-state index in [0.717, 1.165) is 5.01 Å². The molecule has 0 bridgehead atoms. The second-order valence-corrected chi connectivity index (χ2v) is 4.18. The van der Waals surface area contributed by atoms with Gasteiger partial charge < -0.3 is 5.32 Å². The van der Waals surface area contributed by atoms with Crippen LogP contribution in [0.5, 0.6) is 0 Å². The first-order chi connectivity index (χ1) is 6.17. The number of nitrogens with zero attached hydrogens (tertiary/aromatic N) is 1. The van der Waals surface area contributed by atoms with Crippen molar-refractivity contribution in [1.82, 2.24) is 10.3 Å². The van der Waals surface area contributed by atoms with E-state index in [1.54, 1.807) is 6.20 Å². The summed E-state index contributed by atoms with van der Waals surface area (Å²) < 4.78 is 25.9. The van der Waals surface area contributed by atoms with Crippen molar-refractivity contribution in [2.45, 2.75) is 18.3 Å². The summed E-state index contributed by atoms with van der Waals surface area (Å²) in [5.41, 5.74) is 0. The smallest absolute Gasteiger partial charge is 0.261 e. The zero-order chi connectivity index (χ0) is 9.31. The highest BCUT2D eigenvalue weighted by molar-refractivity contribution is 7.09. The molecule has 2 heterocycles. The van der Waals surface area contributed by atoms with Gasteiger partial charge in [-0.2, -0.15) is 0 Å². The highest BCUT2D eigenvalue weighted by Crippen LogP contribution is 2.33. The van der Waals surface area contributed by atoms with Gasteiger partial charge in [-0.05, 0) is 0 Å². The number of alkyl halides is 2. The Labute approximate surface area is 79.0 Å². The second-order valence-electron chi connectivity index (χ2n) is 3.26. The fraction of sp³-hybridized carbons (Fsp3) is 0.625. The standard InChI is InChI=1S/C8H10F2N2S/c9-8(10)3-6(4-11-5-8)7-12-1-2-13-7/h1-2,6,11H,3-5H2. The molecule has 0 saturated carbocycles. The summed E-state index contributed by atoms with van der Waals surface area (Å²) in [6.07, 6.45) is 1.58. The Bertz CT molecular complexity index is 274. The van der Waals surface area contributed by atoms with E-state index >= 15 is 0 Å². The van der Waals surface area contributed by atoms with Crippen LogP contribution in [0.3, 0.4) is 0 Å². The number of aromatic nitrogens is 1. The van der Waals surface area contributed by atoms with Gasteiger partial charge in [-0.25, -0.2) is 13.8 Å². The van der Waals surface area contributed by atoms with E-state index in [9.17, 15) is 8.78 Å². The summed E-state index contributed by atoms with van der Waals surface area (Å²) in [6, 6.07) is 0. The molecule has 1 aliphatic rings. The molecule has 2 rings (SSSR count). The van der Waals surface area contributed by atoms with Crippen molar-refractivity contribution in [2.75, 3.05) is 13.1 Å². The van der Waals surface area contributed by atoms with E-state index in [1.807, 2.05) is 5.38 Å². The third kappa shape index (κ3) is 2.03. The third-order valence-electron chi connectivity index (χ3n) is 2.12. The van der Waals surface area contributed by atoms with Gasteiger partial charge in [0, 0.05) is 30.5 Å². The maximum Gasteiger partial charge on any atom is 0.261 e. The highest BCUT2D eigenvalue weighted by Gasteiger charge is 2.37. The SMILES string of the molecule is FC1(F)CNCC(c2nccs2)C1. The van der Waals surface area contributed by atoms with Gasteiger partial charge in [0.25, 0.3) is 5.92 Å². The van der Waals surface area contributed by atoms with E-state index in [-0.39, 0.29) is 18.9 Å². The number of halogens is 2. The van der Waals surface area contributed by atoms with Crippen LogP contribution in [0.1, 0.15) is 17.3 Å². The van der Waals surface area contributed by atoms with Gasteiger partial charge in [-0.1, -0.05) is 0 Å². The van der Waals surface area contributed by atoms with Gasteiger partial charge in [-0.3, -0.25) is 0 Å². The highest BCUT2D eigenvalue weighted by atomic mass is 32.1. The van der Waals surface area contributed by atoms with E-state index in [1.165, 1.54) is 11.3 Å².